The maximum absolute atomic E-state index is 11.9. The van der Waals surface area contributed by atoms with Gasteiger partial charge >= 0.3 is 6.09 Å². The van der Waals surface area contributed by atoms with E-state index >= 15 is 0 Å². The second-order valence-corrected chi connectivity index (χ2v) is 7.39. The van der Waals surface area contributed by atoms with Crippen LogP contribution in [-0.2, 0) is 4.74 Å². The molecule has 0 radical (unpaired) electrons. The van der Waals surface area contributed by atoms with Gasteiger partial charge < -0.3 is 14.2 Å². The third-order valence-corrected chi connectivity index (χ3v) is 5.10. The molecule has 31 heavy (non-hydrogen) atoms. The van der Waals surface area contributed by atoms with Gasteiger partial charge in [-0.1, -0.05) is 41.2 Å². The number of benzene rings is 2. The molecule has 2 N–H and O–H groups in total. The molecule has 1 amide bonds. The van der Waals surface area contributed by atoms with Gasteiger partial charge in [0.05, 0.1) is 27.0 Å². The van der Waals surface area contributed by atoms with Crippen LogP contribution < -0.4 is 20.2 Å². The summed E-state index contributed by atoms with van der Waals surface area (Å²) in [5.41, 5.74) is 6.40. The Labute approximate surface area is 184 Å². The van der Waals surface area contributed by atoms with Gasteiger partial charge in [-0.3, -0.25) is 10.7 Å². The summed E-state index contributed by atoms with van der Waals surface area (Å²) in [4.78, 5) is 16.5. The van der Waals surface area contributed by atoms with Crippen LogP contribution >= 0.6 is 11.3 Å². The van der Waals surface area contributed by atoms with Crippen LogP contribution in [0.25, 0.3) is 11.3 Å². The molecule has 0 saturated carbocycles. The minimum atomic E-state index is -0.528. The number of hydrazone groups is 1. The van der Waals surface area contributed by atoms with Gasteiger partial charge in [-0.25, -0.2) is 9.78 Å². The van der Waals surface area contributed by atoms with Crippen molar-refractivity contribution < 1.29 is 19.0 Å². The quantitative estimate of drug-likeness (QED) is 0.372. The summed E-state index contributed by atoms with van der Waals surface area (Å²) in [6.45, 7) is 4.05. The third-order valence-electron chi connectivity index (χ3n) is 4.22. The molecule has 0 fully saturated rings. The normalized spacial score (nSPS) is 10.7. The topological polar surface area (TPSA) is 94.1 Å². The van der Waals surface area contributed by atoms with Crippen molar-refractivity contribution >= 4 is 33.8 Å². The van der Waals surface area contributed by atoms with E-state index in [-0.39, 0.29) is 6.61 Å². The lowest BCUT2D eigenvalue weighted by molar-refractivity contribution is 0.168. The highest BCUT2D eigenvalue weighted by molar-refractivity contribution is 7.20. The van der Waals surface area contributed by atoms with Crippen molar-refractivity contribution in [2.45, 2.75) is 13.8 Å². The maximum Gasteiger partial charge on any atom is 0.412 e. The molecule has 0 aliphatic heterocycles. The number of aromatic nitrogens is 1. The van der Waals surface area contributed by atoms with E-state index in [9.17, 15) is 4.79 Å². The molecular weight excluding hydrogens is 416 g/mol. The number of amides is 1. The average Bonchev–Trinajstić information content (AvgIpc) is 3.16. The first-order valence-corrected chi connectivity index (χ1v) is 10.4. The number of hydrogen-bond acceptors (Lipinski definition) is 8. The molecule has 3 aromatic rings. The van der Waals surface area contributed by atoms with E-state index in [1.165, 1.54) is 11.3 Å². The number of carbonyl (C=O) groups is 1. The Balaban J connectivity index is 1.81. The van der Waals surface area contributed by atoms with E-state index in [0.29, 0.717) is 27.3 Å². The minimum absolute atomic E-state index is 0.283. The molecule has 9 heteroatoms. The van der Waals surface area contributed by atoms with E-state index in [1.807, 2.05) is 43.3 Å². The molecule has 8 nitrogen and oxygen atoms in total. The molecule has 0 aliphatic carbocycles. The molecule has 3 rings (SSSR count). The van der Waals surface area contributed by atoms with Crippen LogP contribution in [0.1, 0.15) is 18.1 Å². The number of anilines is 2. The molecule has 0 bridgehead atoms. The second kappa shape index (κ2) is 10.4. The van der Waals surface area contributed by atoms with Crippen molar-refractivity contribution in [2.75, 3.05) is 31.6 Å². The van der Waals surface area contributed by atoms with E-state index < -0.39 is 6.09 Å². The van der Waals surface area contributed by atoms with E-state index in [0.717, 1.165) is 16.7 Å². The SMILES string of the molecule is CCOC(=O)Nc1sc(N/N=C/c2ccc(OC)c(OC)c2)nc1-c1ccc(C)cc1. The fourth-order valence-electron chi connectivity index (χ4n) is 2.71. The summed E-state index contributed by atoms with van der Waals surface area (Å²) in [7, 11) is 3.17. The van der Waals surface area contributed by atoms with Crippen molar-refractivity contribution in [3.63, 3.8) is 0 Å². The molecule has 162 valence electrons. The predicted octanol–water partition coefficient (Wildman–Crippen LogP) is 5.15. The predicted molar refractivity (Wildman–Crippen MR) is 124 cm³/mol. The fraction of sp³-hybridized carbons (Fsp3) is 0.227. The number of carbonyl (C=O) groups excluding carboxylic acids is 1. The Bertz CT molecular complexity index is 1060. The first-order valence-electron chi connectivity index (χ1n) is 9.56. The van der Waals surface area contributed by atoms with Gasteiger partial charge in [0.2, 0.25) is 5.13 Å². The number of hydrogen-bond donors (Lipinski definition) is 2. The van der Waals surface area contributed by atoms with Gasteiger partial charge in [-0.2, -0.15) is 5.10 Å². The van der Waals surface area contributed by atoms with Crippen LogP contribution in [0, 0.1) is 6.92 Å². The standard InChI is InChI=1S/C22H24N4O4S/c1-5-30-22(27)25-20-19(16-9-6-14(2)7-10-16)24-21(31-20)26-23-13-15-8-11-17(28-3)18(12-15)29-4/h6-13H,5H2,1-4H3,(H,24,26)(H,25,27)/b23-13+. The number of ether oxygens (including phenoxy) is 3. The fourth-order valence-corrected chi connectivity index (χ4v) is 3.54. The van der Waals surface area contributed by atoms with E-state index in [1.54, 1.807) is 33.4 Å². The van der Waals surface area contributed by atoms with Crippen molar-refractivity contribution in [2.24, 2.45) is 5.10 Å². The zero-order valence-electron chi connectivity index (χ0n) is 17.8. The maximum atomic E-state index is 11.9. The van der Waals surface area contributed by atoms with Crippen molar-refractivity contribution in [3.8, 4) is 22.8 Å². The minimum Gasteiger partial charge on any atom is -0.493 e. The Hall–Kier alpha value is -3.59. The molecule has 1 heterocycles. The summed E-state index contributed by atoms with van der Waals surface area (Å²) in [5, 5.41) is 8.11. The Kier molecular flexibility index (Phi) is 7.45. The van der Waals surface area contributed by atoms with Gasteiger partial charge in [-0.15, -0.1) is 0 Å². The summed E-state index contributed by atoms with van der Waals surface area (Å²) in [6.07, 6.45) is 1.12. The lowest BCUT2D eigenvalue weighted by Gasteiger charge is -2.07. The second-order valence-electron chi connectivity index (χ2n) is 6.39. The Morgan fingerprint density at radius 3 is 2.55 bits per heavy atom. The first kappa shape index (κ1) is 22.1. The average molecular weight is 441 g/mol. The van der Waals surface area contributed by atoms with Crippen LogP contribution in [0.2, 0.25) is 0 Å². The van der Waals surface area contributed by atoms with Crippen LogP contribution in [0.5, 0.6) is 11.5 Å². The molecule has 1 aromatic heterocycles. The number of thiazole rings is 1. The van der Waals surface area contributed by atoms with Crippen LogP contribution in [-0.4, -0.2) is 38.1 Å². The zero-order chi connectivity index (χ0) is 22.2. The number of aryl methyl sites for hydroxylation is 1. The number of rotatable bonds is 8. The van der Waals surface area contributed by atoms with Gasteiger partial charge in [0.1, 0.15) is 10.7 Å². The third kappa shape index (κ3) is 5.73. The molecular formula is C22H24N4O4S. The zero-order valence-corrected chi connectivity index (χ0v) is 18.6. The highest BCUT2D eigenvalue weighted by atomic mass is 32.1. The monoisotopic (exact) mass is 440 g/mol. The number of methoxy groups -OCH3 is 2. The largest absolute Gasteiger partial charge is 0.493 e. The highest BCUT2D eigenvalue weighted by Gasteiger charge is 2.16. The lowest BCUT2D eigenvalue weighted by atomic mass is 10.1. The van der Waals surface area contributed by atoms with Crippen LogP contribution in [0.15, 0.2) is 47.6 Å². The summed E-state index contributed by atoms with van der Waals surface area (Å²) in [5.74, 6) is 1.26. The van der Waals surface area contributed by atoms with Crippen molar-refractivity contribution in [3.05, 3.63) is 53.6 Å². The Morgan fingerprint density at radius 1 is 1.13 bits per heavy atom. The summed E-state index contributed by atoms with van der Waals surface area (Å²) in [6, 6.07) is 13.4. The first-order chi connectivity index (χ1) is 15.0. The highest BCUT2D eigenvalue weighted by Crippen LogP contribution is 2.36. The summed E-state index contributed by atoms with van der Waals surface area (Å²) >= 11 is 1.27. The van der Waals surface area contributed by atoms with Crippen molar-refractivity contribution in [1.82, 2.24) is 4.98 Å². The van der Waals surface area contributed by atoms with Crippen LogP contribution in [0.4, 0.5) is 14.9 Å². The molecule has 0 aliphatic rings. The van der Waals surface area contributed by atoms with Crippen molar-refractivity contribution in [1.29, 1.82) is 0 Å². The van der Waals surface area contributed by atoms with Gasteiger partial charge in [0.25, 0.3) is 0 Å². The number of nitrogens with zero attached hydrogens (tertiary/aromatic N) is 2. The van der Waals surface area contributed by atoms with E-state index in [4.69, 9.17) is 14.2 Å². The Morgan fingerprint density at radius 2 is 1.87 bits per heavy atom. The van der Waals surface area contributed by atoms with Gasteiger partial charge in [0.15, 0.2) is 11.5 Å². The molecule has 0 spiro atoms. The molecule has 0 unspecified atom stereocenters. The number of nitrogens with one attached hydrogen (secondary N) is 2. The van der Waals surface area contributed by atoms with Crippen LogP contribution in [0.3, 0.4) is 0 Å². The summed E-state index contributed by atoms with van der Waals surface area (Å²) < 4.78 is 15.5. The smallest absolute Gasteiger partial charge is 0.412 e. The molecule has 0 saturated heterocycles. The lowest BCUT2D eigenvalue weighted by Crippen LogP contribution is -2.12. The van der Waals surface area contributed by atoms with E-state index in [2.05, 4.69) is 20.8 Å². The van der Waals surface area contributed by atoms with Gasteiger partial charge in [0, 0.05) is 5.56 Å². The molecule has 2 aromatic carbocycles. The van der Waals surface area contributed by atoms with Gasteiger partial charge in [-0.05, 0) is 37.6 Å². The molecule has 0 atom stereocenters.